The predicted octanol–water partition coefficient (Wildman–Crippen LogP) is 2.81. The molecule has 0 radical (unpaired) electrons. The molecule has 0 spiro atoms. The van der Waals surface area contributed by atoms with Gasteiger partial charge in [0.25, 0.3) is 0 Å². The van der Waals surface area contributed by atoms with E-state index in [0.29, 0.717) is 25.4 Å². The maximum absolute atomic E-state index is 12.6. The smallest absolute Gasteiger partial charge is 0.313 e. The van der Waals surface area contributed by atoms with Crippen LogP contribution in [-0.2, 0) is 20.7 Å². The lowest BCUT2D eigenvalue weighted by Gasteiger charge is -2.36. The van der Waals surface area contributed by atoms with Crippen LogP contribution in [-0.4, -0.2) is 63.2 Å². The number of fused-ring (bicyclic) bond motifs is 1. The molecule has 176 valence electrons. The Labute approximate surface area is 196 Å². The lowest BCUT2D eigenvalue weighted by atomic mass is 9.95. The Bertz CT molecular complexity index is 1020. The monoisotopic (exact) mass is 450 g/mol. The van der Waals surface area contributed by atoms with Crippen molar-refractivity contribution in [2.75, 3.05) is 56.7 Å². The molecule has 1 saturated heterocycles. The number of morpholine rings is 1. The van der Waals surface area contributed by atoms with Gasteiger partial charge in [-0.15, -0.1) is 0 Å². The topological polar surface area (TPSA) is 73.9 Å². The van der Waals surface area contributed by atoms with E-state index in [0.717, 1.165) is 43.6 Å². The van der Waals surface area contributed by atoms with Crippen LogP contribution >= 0.6 is 0 Å². The minimum Gasteiger partial charge on any atom is -0.379 e. The molecule has 2 aliphatic rings. The summed E-state index contributed by atoms with van der Waals surface area (Å²) < 4.78 is 5.54. The molecule has 0 aliphatic carbocycles. The Hall–Kier alpha value is -2.90. The summed E-state index contributed by atoms with van der Waals surface area (Å²) >= 11 is 0. The highest BCUT2D eigenvalue weighted by atomic mass is 16.5. The Morgan fingerprint density at radius 1 is 1.03 bits per heavy atom. The molecule has 2 aromatic carbocycles. The first-order chi connectivity index (χ1) is 15.9. The number of aryl methyl sites for hydroxylation is 3. The number of benzene rings is 2. The molecule has 4 rings (SSSR count). The molecule has 0 bridgehead atoms. The predicted molar refractivity (Wildman–Crippen MR) is 131 cm³/mol. The van der Waals surface area contributed by atoms with Crippen molar-refractivity contribution in [3.8, 4) is 0 Å². The van der Waals surface area contributed by atoms with Crippen molar-refractivity contribution in [2.24, 2.45) is 0 Å². The van der Waals surface area contributed by atoms with Crippen LogP contribution in [0.3, 0.4) is 0 Å². The molecule has 0 aromatic heterocycles. The largest absolute Gasteiger partial charge is 0.379 e. The molecule has 1 fully saturated rings. The second-order valence-electron chi connectivity index (χ2n) is 9.06. The van der Waals surface area contributed by atoms with Crippen LogP contribution in [0.4, 0.5) is 11.4 Å². The Kier molecular flexibility index (Phi) is 7.30. The van der Waals surface area contributed by atoms with Crippen LogP contribution < -0.4 is 15.5 Å². The van der Waals surface area contributed by atoms with Crippen LogP contribution in [0.15, 0.2) is 36.4 Å². The van der Waals surface area contributed by atoms with Gasteiger partial charge in [0.05, 0.1) is 19.3 Å². The molecule has 2 N–H and O–H groups in total. The van der Waals surface area contributed by atoms with Gasteiger partial charge in [0.1, 0.15) is 0 Å². The van der Waals surface area contributed by atoms with Gasteiger partial charge in [-0.3, -0.25) is 14.5 Å². The highest BCUT2D eigenvalue weighted by molar-refractivity contribution is 6.39. The van der Waals surface area contributed by atoms with Crippen molar-refractivity contribution in [2.45, 2.75) is 32.7 Å². The lowest BCUT2D eigenvalue weighted by Crippen LogP contribution is -2.45. The number of nitrogens with one attached hydrogen (secondary N) is 2. The van der Waals surface area contributed by atoms with Gasteiger partial charge < -0.3 is 20.3 Å². The standard InChI is InChI=1S/C26H34N4O3/c1-18-6-8-22(19(2)15-18)28-26(32)25(31)27-17-24(30-11-13-33-14-12-30)21-7-9-23-20(16-21)5-4-10-29(23)3/h6-9,15-16,24H,4-5,10-14,17H2,1-3H3,(H,27,31)(H,28,32)/t24-/m0/s1. The van der Waals surface area contributed by atoms with Crippen LogP contribution in [0.25, 0.3) is 0 Å². The van der Waals surface area contributed by atoms with E-state index in [-0.39, 0.29) is 6.04 Å². The molecule has 33 heavy (non-hydrogen) atoms. The van der Waals surface area contributed by atoms with Crippen molar-refractivity contribution < 1.29 is 14.3 Å². The molecule has 2 aromatic rings. The van der Waals surface area contributed by atoms with Gasteiger partial charge in [0, 0.05) is 44.6 Å². The van der Waals surface area contributed by atoms with Crippen LogP contribution in [0.5, 0.6) is 0 Å². The van der Waals surface area contributed by atoms with E-state index in [1.165, 1.54) is 16.8 Å². The molecule has 2 aliphatic heterocycles. The molecule has 2 heterocycles. The number of hydrogen-bond acceptors (Lipinski definition) is 5. The molecule has 2 amide bonds. The van der Waals surface area contributed by atoms with Crippen molar-refractivity contribution in [1.29, 1.82) is 0 Å². The quantitative estimate of drug-likeness (QED) is 0.686. The summed E-state index contributed by atoms with van der Waals surface area (Å²) in [5.74, 6) is -1.26. The molecular formula is C26H34N4O3. The minimum atomic E-state index is -0.644. The number of anilines is 2. The molecule has 7 nitrogen and oxygen atoms in total. The molecule has 0 saturated carbocycles. The first kappa shape index (κ1) is 23.3. The zero-order valence-corrected chi connectivity index (χ0v) is 19.8. The molecular weight excluding hydrogens is 416 g/mol. The normalized spacial score (nSPS) is 17.2. The van der Waals surface area contributed by atoms with Gasteiger partial charge in [-0.25, -0.2) is 0 Å². The van der Waals surface area contributed by atoms with Gasteiger partial charge >= 0.3 is 11.8 Å². The highest BCUT2D eigenvalue weighted by Gasteiger charge is 2.26. The minimum absolute atomic E-state index is 0.00991. The third-order valence-corrected chi connectivity index (χ3v) is 6.62. The van der Waals surface area contributed by atoms with E-state index < -0.39 is 11.8 Å². The van der Waals surface area contributed by atoms with Gasteiger partial charge in [0.2, 0.25) is 0 Å². The van der Waals surface area contributed by atoms with E-state index in [2.05, 4.69) is 45.7 Å². The summed E-state index contributed by atoms with van der Waals surface area (Å²) in [6.07, 6.45) is 2.21. The molecule has 1 atom stereocenters. The number of ether oxygens (including phenoxy) is 1. The maximum Gasteiger partial charge on any atom is 0.313 e. The zero-order chi connectivity index (χ0) is 23.4. The Morgan fingerprint density at radius 2 is 1.82 bits per heavy atom. The first-order valence-electron chi connectivity index (χ1n) is 11.7. The van der Waals surface area contributed by atoms with Crippen molar-refractivity contribution in [3.05, 3.63) is 58.7 Å². The van der Waals surface area contributed by atoms with E-state index >= 15 is 0 Å². The summed E-state index contributed by atoms with van der Waals surface area (Å²) in [7, 11) is 2.13. The number of amides is 2. The fourth-order valence-corrected chi connectivity index (χ4v) is 4.76. The zero-order valence-electron chi connectivity index (χ0n) is 19.8. The number of hydrogen-bond donors (Lipinski definition) is 2. The van der Waals surface area contributed by atoms with Crippen molar-refractivity contribution >= 4 is 23.2 Å². The summed E-state index contributed by atoms with van der Waals surface area (Å²) in [6.45, 7) is 8.30. The average molecular weight is 451 g/mol. The van der Waals surface area contributed by atoms with Crippen molar-refractivity contribution in [3.63, 3.8) is 0 Å². The fraction of sp³-hybridized carbons (Fsp3) is 0.462. The second kappa shape index (κ2) is 10.4. The van der Waals surface area contributed by atoms with E-state index in [1.807, 2.05) is 32.0 Å². The number of nitrogens with zero attached hydrogens (tertiary/aromatic N) is 2. The van der Waals surface area contributed by atoms with Gasteiger partial charge in [-0.1, -0.05) is 29.8 Å². The Balaban J connectivity index is 1.46. The van der Waals surface area contributed by atoms with E-state index in [1.54, 1.807) is 0 Å². The van der Waals surface area contributed by atoms with Crippen LogP contribution in [0, 0.1) is 13.8 Å². The van der Waals surface area contributed by atoms with E-state index in [9.17, 15) is 9.59 Å². The van der Waals surface area contributed by atoms with Crippen LogP contribution in [0.1, 0.15) is 34.7 Å². The highest BCUT2D eigenvalue weighted by Crippen LogP contribution is 2.31. The summed E-state index contributed by atoms with van der Waals surface area (Å²) in [5, 5.41) is 5.61. The van der Waals surface area contributed by atoms with Crippen molar-refractivity contribution in [1.82, 2.24) is 10.2 Å². The number of carbonyl (C=O) groups excluding carboxylic acids is 2. The van der Waals surface area contributed by atoms with Crippen LogP contribution in [0.2, 0.25) is 0 Å². The third kappa shape index (κ3) is 5.54. The number of carbonyl (C=O) groups is 2. The first-order valence-corrected chi connectivity index (χ1v) is 11.7. The summed E-state index contributed by atoms with van der Waals surface area (Å²) in [4.78, 5) is 29.8. The van der Waals surface area contributed by atoms with Gasteiger partial charge in [0.15, 0.2) is 0 Å². The Morgan fingerprint density at radius 3 is 2.58 bits per heavy atom. The summed E-state index contributed by atoms with van der Waals surface area (Å²) in [6, 6.07) is 12.3. The second-order valence-corrected chi connectivity index (χ2v) is 9.06. The summed E-state index contributed by atoms with van der Waals surface area (Å²) in [5.41, 5.74) is 6.49. The number of rotatable bonds is 5. The SMILES string of the molecule is Cc1ccc(NC(=O)C(=O)NC[C@@H](c2ccc3c(c2)CCCN3C)N2CCOCC2)c(C)c1. The maximum atomic E-state index is 12.6. The average Bonchev–Trinajstić information content (AvgIpc) is 2.81. The third-order valence-electron chi connectivity index (χ3n) is 6.62. The molecule has 7 heteroatoms. The lowest BCUT2D eigenvalue weighted by molar-refractivity contribution is -0.136. The van der Waals surface area contributed by atoms with Gasteiger partial charge in [-0.05, 0) is 55.5 Å². The van der Waals surface area contributed by atoms with Gasteiger partial charge in [-0.2, -0.15) is 0 Å². The fourth-order valence-electron chi connectivity index (χ4n) is 4.76. The van der Waals surface area contributed by atoms with E-state index in [4.69, 9.17) is 4.74 Å². The molecule has 0 unspecified atom stereocenters.